The highest BCUT2D eigenvalue weighted by Crippen LogP contribution is 2.35. The van der Waals surface area contributed by atoms with Crippen LogP contribution in [0.4, 0.5) is 20.4 Å². The minimum Gasteiger partial charge on any atom is -0.371 e. The van der Waals surface area contributed by atoms with E-state index in [0.717, 1.165) is 12.1 Å². The molecule has 0 aliphatic carbocycles. The summed E-state index contributed by atoms with van der Waals surface area (Å²) in [6, 6.07) is 3.23. The molecule has 1 saturated heterocycles. The molecule has 25 heavy (non-hydrogen) atoms. The average molecular weight is 366 g/mol. The summed E-state index contributed by atoms with van der Waals surface area (Å²) in [5.41, 5.74) is 0.470. The number of benzene rings is 1. The fourth-order valence-corrected chi connectivity index (χ4v) is 3.69. The number of nitro groups is 1. The van der Waals surface area contributed by atoms with Crippen LogP contribution in [-0.4, -0.2) is 27.0 Å². The Morgan fingerprint density at radius 1 is 1.40 bits per heavy atom. The predicted molar refractivity (Wildman–Crippen MR) is 86.8 cm³/mol. The quantitative estimate of drug-likeness (QED) is 0.564. The molecule has 3 heterocycles. The van der Waals surface area contributed by atoms with Crippen molar-refractivity contribution >= 4 is 27.9 Å². The average Bonchev–Trinajstić information content (AvgIpc) is 3.25. The van der Waals surface area contributed by atoms with Gasteiger partial charge in [0.25, 0.3) is 4.96 Å². The lowest BCUT2D eigenvalue weighted by molar-refractivity contribution is -0.389. The van der Waals surface area contributed by atoms with Crippen LogP contribution in [0.25, 0.3) is 4.96 Å². The summed E-state index contributed by atoms with van der Waals surface area (Å²) in [4.78, 5) is 15.6. The number of hydrogen-bond donors (Lipinski definition) is 1. The van der Waals surface area contributed by atoms with Crippen molar-refractivity contribution in [2.45, 2.75) is 18.6 Å². The van der Waals surface area contributed by atoms with Crippen molar-refractivity contribution < 1.29 is 18.4 Å². The van der Waals surface area contributed by atoms with Gasteiger partial charge in [0.1, 0.15) is 12.3 Å². The van der Waals surface area contributed by atoms with Crippen molar-refractivity contribution in [3.8, 4) is 0 Å². The van der Waals surface area contributed by atoms with E-state index in [9.17, 15) is 18.9 Å². The van der Waals surface area contributed by atoms with Gasteiger partial charge in [-0.25, -0.2) is 8.78 Å². The normalized spacial score (nSPS) is 20.2. The van der Waals surface area contributed by atoms with Gasteiger partial charge in [0.2, 0.25) is 5.82 Å². The van der Waals surface area contributed by atoms with E-state index in [1.54, 1.807) is 11.6 Å². The molecule has 0 radical (unpaired) electrons. The summed E-state index contributed by atoms with van der Waals surface area (Å²) >= 11 is 1.28. The maximum atomic E-state index is 13.5. The molecule has 0 saturated carbocycles. The number of aromatic nitrogens is 2. The van der Waals surface area contributed by atoms with E-state index in [1.807, 2.05) is 0 Å². The number of thiazole rings is 1. The van der Waals surface area contributed by atoms with Gasteiger partial charge in [0, 0.05) is 12.0 Å². The SMILES string of the molecule is O=[N+]([O-])c1c(NC2CCOC2c2ccc(F)c(F)c2)nc2sccn12. The summed E-state index contributed by atoms with van der Waals surface area (Å²) in [7, 11) is 0. The Hall–Kier alpha value is -2.59. The van der Waals surface area contributed by atoms with E-state index in [2.05, 4.69) is 10.3 Å². The van der Waals surface area contributed by atoms with Gasteiger partial charge >= 0.3 is 5.82 Å². The topological polar surface area (TPSA) is 81.7 Å². The van der Waals surface area contributed by atoms with Crippen LogP contribution in [0.15, 0.2) is 29.8 Å². The molecule has 1 aliphatic heterocycles. The van der Waals surface area contributed by atoms with Gasteiger partial charge in [-0.2, -0.15) is 9.38 Å². The number of anilines is 1. The molecule has 1 aromatic carbocycles. The zero-order valence-electron chi connectivity index (χ0n) is 12.7. The smallest absolute Gasteiger partial charge is 0.371 e. The molecule has 2 aromatic heterocycles. The molecule has 0 bridgehead atoms. The number of rotatable bonds is 4. The van der Waals surface area contributed by atoms with Gasteiger partial charge < -0.3 is 20.2 Å². The highest BCUT2D eigenvalue weighted by Gasteiger charge is 2.34. The third-order valence-corrected chi connectivity index (χ3v) is 4.85. The number of nitrogens with zero attached hydrogens (tertiary/aromatic N) is 3. The van der Waals surface area contributed by atoms with Crippen LogP contribution in [-0.2, 0) is 4.74 Å². The zero-order chi connectivity index (χ0) is 17.6. The Morgan fingerprint density at radius 3 is 3.00 bits per heavy atom. The van der Waals surface area contributed by atoms with Crippen LogP contribution >= 0.6 is 11.3 Å². The summed E-state index contributed by atoms with van der Waals surface area (Å²) < 4.78 is 33.7. The maximum absolute atomic E-state index is 13.5. The Kier molecular flexibility index (Phi) is 3.85. The Labute approximate surface area is 144 Å². The monoisotopic (exact) mass is 366 g/mol. The van der Waals surface area contributed by atoms with Gasteiger partial charge in [-0.3, -0.25) is 0 Å². The Morgan fingerprint density at radius 2 is 2.24 bits per heavy atom. The Bertz CT molecular complexity index is 958. The minimum atomic E-state index is -0.958. The minimum absolute atomic E-state index is 0.139. The van der Waals surface area contributed by atoms with Crippen molar-refractivity contribution in [1.82, 2.24) is 9.38 Å². The van der Waals surface area contributed by atoms with Crippen molar-refractivity contribution in [1.29, 1.82) is 0 Å². The molecule has 4 rings (SSSR count). The lowest BCUT2D eigenvalue weighted by Gasteiger charge is -2.20. The fraction of sp³-hybridized carbons (Fsp3) is 0.267. The molecule has 0 amide bonds. The molecule has 10 heteroatoms. The Balaban J connectivity index is 1.65. The van der Waals surface area contributed by atoms with E-state index in [4.69, 9.17) is 4.74 Å². The second-order valence-electron chi connectivity index (χ2n) is 5.60. The molecule has 1 aliphatic rings. The summed E-state index contributed by atoms with van der Waals surface area (Å²) in [5, 5.41) is 16.1. The van der Waals surface area contributed by atoms with Gasteiger partial charge in [0.15, 0.2) is 11.6 Å². The van der Waals surface area contributed by atoms with Gasteiger partial charge in [-0.15, -0.1) is 0 Å². The first kappa shape index (κ1) is 15.9. The second-order valence-corrected chi connectivity index (χ2v) is 6.47. The number of halogens is 2. The van der Waals surface area contributed by atoms with Crippen molar-refractivity contribution in [2.75, 3.05) is 11.9 Å². The molecular weight excluding hydrogens is 354 g/mol. The van der Waals surface area contributed by atoms with Gasteiger partial charge in [-0.1, -0.05) is 17.4 Å². The zero-order valence-corrected chi connectivity index (χ0v) is 13.5. The maximum Gasteiger partial charge on any atom is 0.372 e. The fourth-order valence-electron chi connectivity index (χ4n) is 2.98. The molecular formula is C15H12F2N4O3S. The molecule has 0 spiro atoms. The first-order valence-electron chi connectivity index (χ1n) is 7.47. The summed E-state index contributed by atoms with van der Waals surface area (Å²) in [5.74, 6) is -1.91. The van der Waals surface area contributed by atoms with Crippen LogP contribution in [0.5, 0.6) is 0 Å². The molecule has 130 valence electrons. The predicted octanol–water partition coefficient (Wildman–Crippen LogP) is 3.52. The van der Waals surface area contributed by atoms with Crippen LogP contribution < -0.4 is 5.32 Å². The number of hydrogen-bond acceptors (Lipinski definition) is 6. The van der Waals surface area contributed by atoms with E-state index < -0.39 is 22.7 Å². The lowest BCUT2D eigenvalue weighted by atomic mass is 10.0. The van der Waals surface area contributed by atoms with Crippen LogP contribution in [0.3, 0.4) is 0 Å². The second kappa shape index (κ2) is 6.05. The number of fused-ring (bicyclic) bond motifs is 1. The van der Waals surface area contributed by atoms with E-state index in [0.29, 0.717) is 23.6 Å². The number of imidazole rings is 1. The summed E-state index contributed by atoms with van der Waals surface area (Å²) in [6.07, 6.45) is 1.59. The number of nitrogens with one attached hydrogen (secondary N) is 1. The molecule has 2 atom stereocenters. The highest BCUT2D eigenvalue weighted by atomic mass is 32.1. The molecule has 1 fully saturated rings. The van der Waals surface area contributed by atoms with Gasteiger partial charge in [-0.05, 0) is 29.0 Å². The largest absolute Gasteiger partial charge is 0.372 e. The van der Waals surface area contributed by atoms with Crippen molar-refractivity contribution in [2.24, 2.45) is 0 Å². The lowest BCUT2D eigenvalue weighted by Crippen LogP contribution is -2.24. The molecule has 2 unspecified atom stereocenters. The number of ether oxygens (including phenoxy) is 1. The molecule has 7 nitrogen and oxygen atoms in total. The first-order chi connectivity index (χ1) is 12.0. The van der Waals surface area contributed by atoms with E-state index in [1.165, 1.54) is 21.8 Å². The summed E-state index contributed by atoms with van der Waals surface area (Å²) in [6.45, 7) is 0.400. The van der Waals surface area contributed by atoms with Gasteiger partial charge in [0.05, 0.1) is 6.04 Å². The first-order valence-corrected chi connectivity index (χ1v) is 8.35. The van der Waals surface area contributed by atoms with E-state index >= 15 is 0 Å². The van der Waals surface area contributed by atoms with Crippen LogP contribution in [0, 0.1) is 21.7 Å². The van der Waals surface area contributed by atoms with Crippen LogP contribution in [0.2, 0.25) is 0 Å². The molecule has 3 aromatic rings. The van der Waals surface area contributed by atoms with Crippen molar-refractivity contribution in [3.05, 3.63) is 57.1 Å². The standard InChI is InChI=1S/C15H12F2N4O3S/c16-9-2-1-8(7-10(9)17)12-11(3-5-24-12)18-13-14(21(22)23)20-4-6-25-15(20)19-13/h1-2,4,6-7,11-12,18H,3,5H2. The highest BCUT2D eigenvalue weighted by molar-refractivity contribution is 7.15. The third kappa shape index (κ3) is 2.72. The van der Waals surface area contributed by atoms with Crippen molar-refractivity contribution in [3.63, 3.8) is 0 Å². The van der Waals surface area contributed by atoms with Crippen LogP contribution in [0.1, 0.15) is 18.1 Å². The third-order valence-electron chi connectivity index (χ3n) is 4.10. The molecule has 1 N–H and O–H groups in total. The van der Waals surface area contributed by atoms with E-state index in [-0.39, 0.29) is 17.7 Å².